The highest BCUT2D eigenvalue weighted by molar-refractivity contribution is 6.86. The van der Waals surface area contributed by atoms with Crippen LogP contribution in [0.25, 0.3) is 0 Å². The summed E-state index contributed by atoms with van der Waals surface area (Å²) in [5.41, 5.74) is -0.555. The molecule has 2 aromatic carbocycles. The van der Waals surface area contributed by atoms with Gasteiger partial charge in [-0.1, -0.05) is 84.4 Å². The van der Waals surface area contributed by atoms with Crippen LogP contribution in [-0.2, 0) is 14.8 Å². The van der Waals surface area contributed by atoms with Crippen molar-refractivity contribution < 1.29 is 14.6 Å². The van der Waals surface area contributed by atoms with E-state index in [4.69, 9.17) is 9.47 Å². The van der Waals surface area contributed by atoms with Crippen LogP contribution in [0.4, 0.5) is 0 Å². The SMILES string of the molecule is CCCCOC[C@H]1O[C@](n2cc(C)c(=O)[nH]c2=O)([SiH](c2ccccc2)c2ccccc2)C[C@@H]1O. The largest absolute Gasteiger partial charge is 0.390 e. The number of aliphatic hydroxyl groups excluding tert-OH is 1. The van der Waals surface area contributed by atoms with E-state index >= 15 is 0 Å². The van der Waals surface area contributed by atoms with Gasteiger partial charge >= 0.3 is 5.69 Å². The number of hydrogen-bond acceptors (Lipinski definition) is 5. The summed E-state index contributed by atoms with van der Waals surface area (Å²) >= 11 is 0. The van der Waals surface area contributed by atoms with Gasteiger partial charge in [0.05, 0.1) is 12.7 Å². The zero-order valence-electron chi connectivity index (χ0n) is 19.6. The maximum absolute atomic E-state index is 13.2. The molecule has 0 unspecified atom stereocenters. The van der Waals surface area contributed by atoms with E-state index in [9.17, 15) is 14.7 Å². The summed E-state index contributed by atoms with van der Waals surface area (Å²) in [6.07, 6.45) is 2.33. The summed E-state index contributed by atoms with van der Waals surface area (Å²) in [6, 6.07) is 20.0. The van der Waals surface area contributed by atoms with E-state index in [1.54, 1.807) is 13.1 Å². The van der Waals surface area contributed by atoms with Crippen molar-refractivity contribution in [1.29, 1.82) is 0 Å². The third-order valence-electron chi connectivity index (χ3n) is 6.46. The molecule has 0 bridgehead atoms. The van der Waals surface area contributed by atoms with Crippen LogP contribution in [0.15, 0.2) is 76.4 Å². The lowest BCUT2D eigenvalue weighted by molar-refractivity contribution is -0.0858. The monoisotopic (exact) mass is 480 g/mol. The Morgan fingerprint density at radius 2 is 1.74 bits per heavy atom. The van der Waals surface area contributed by atoms with Crippen molar-refractivity contribution in [1.82, 2.24) is 9.55 Å². The summed E-state index contributed by atoms with van der Waals surface area (Å²) in [4.78, 5) is 27.8. The van der Waals surface area contributed by atoms with Gasteiger partial charge < -0.3 is 14.6 Å². The van der Waals surface area contributed by atoms with E-state index in [0.29, 0.717) is 12.2 Å². The van der Waals surface area contributed by atoms with E-state index < -0.39 is 37.6 Å². The fourth-order valence-corrected chi connectivity index (χ4v) is 8.64. The fraction of sp³-hybridized carbons (Fsp3) is 0.385. The number of unbranched alkanes of at least 4 members (excludes halogenated alkanes) is 1. The third kappa shape index (κ3) is 4.86. The quantitative estimate of drug-likeness (QED) is 0.353. The molecule has 0 aliphatic carbocycles. The zero-order chi connectivity index (χ0) is 24.1. The van der Waals surface area contributed by atoms with Gasteiger partial charge in [-0.2, -0.15) is 0 Å². The molecule has 34 heavy (non-hydrogen) atoms. The molecule has 2 heterocycles. The molecule has 180 valence electrons. The molecule has 1 saturated heterocycles. The Hall–Kier alpha value is -2.78. The van der Waals surface area contributed by atoms with Gasteiger partial charge in [-0.15, -0.1) is 0 Å². The number of aromatic amines is 1. The first-order valence-corrected chi connectivity index (χ1v) is 13.6. The number of benzene rings is 2. The number of aryl methyl sites for hydroxylation is 1. The number of aliphatic hydroxyl groups is 1. The van der Waals surface area contributed by atoms with Gasteiger partial charge in [0.25, 0.3) is 5.56 Å². The second kappa shape index (κ2) is 10.6. The van der Waals surface area contributed by atoms with E-state index in [0.717, 1.165) is 23.2 Å². The fourth-order valence-electron chi connectivity index (χ4n) is 4.74. The van der Waals surface area contributed by atoms with Gasteiger partial charge in [-0.25, -0.2) is 4.79 Å². The maximum atomic E-state index is 13.2. The number of ether oxygens (including phenoxy) is 2. The zero-order valence-corrected chi connectivity index (χ0v) is 20.8. The lowest BCUT2D eigenvalue weighted by Crippen LogP contribution is -2.64. The normalized spacial score (nSPS) is 22.4. The van der Waals surface area contributed by atoms with Gasteiger partial charge in [0.15, 0.2) is 8.80 Å². The second-order valence-electron chi connectivity index (χ2n) is 8.90. The van der Waals surface area contributed by atoms with Crippen LogP contribution in [0.5, 0.6) is 0 Å². The van der Waals surface area contributed by atoms with Crippen molar-refractivity contribution in [2.75, 3.05) is 13.2 Å². The molecule has 7 nitrogen and oxygen atoms in total. The van der Waals surface area contributed by atoms with Crippen LogP contribution in [0.1, 0.15) is 31.7 Å². The van der Waals surface area contributed by atoms with Gasteiger partial charge in [0.2, 0.25) is 0 Å². The molecule has 3 atom stereocenters. The molecule has 0 spiro atoms. The molecular formula is C26H32N2O5Si. The Bertz CT molecular complexity index is 1160. The summed E-state index contributed by atoms with van der Waals surface area (Å²) < 4.78 is 14.0. The van der Waals surface area contributed by atoms with E-state index in [2.05, 4.69) is 36.2 Å². The second-order valence-corrected chi connectivity index (χ2v) is 12.0. The minimum absolute atomic E-state index is 0.223. The van der Waals surface area contributed by atoms with Crippen molar-refractivity contribution in [3.63, 3.8) is 0 Å². The number of nitrogens with one attached hydrogen (secondary N) is 1. The van der Waals surface area contributed by atoms with Crippen molar-refractivity contribution in [2.45, 2.75) is 50.7 Å². The number of hydrogen-bond donors (Lipinski definition) is 2. The van der Waals surface area contributed by atoms with Crippen LogP contribution in [0, 0.1) is 6.92 Å². The van der Waals surface area contributed by atoms with Crippen molar-refractivity contribution in [3.8, 4) is 0 Å². The van der Waals surface area contributed by atoms with Crippen LogP contribution in [0.2, 0.25) is 0 Å². The standard InChI is InChI=1S/C26H32N2O5Si/c1-3-4-15-32-18-23-22(29)16-26(33-23,28-17-19(2)24(30)27-25(28)31)34(20-11-7-5-8-12-20)21-13-9-6-10-14-21/h5-14,17,22-23,29,34H,3-4,15-16,18H2,1-2H3,(H,27,30,31)/t22-,23+,26-/m0/s1. The molecule has 0 saturated carbocycles. The van der Waals surface area contributed by atoms with Crippen LogP contribution in [0.3, 0.4) is 0 Å². The van der Waals surface area contributed by atoms with Gasteiger partial charge in [0.1, 0.15) is 11.5 Å². The van der Waals surface area contributed by atoms with Crippen molar-refractivity contribution in [3.05, 3.63) is 93.3 Å². The molecule has 1 fully saturated rings. The average molecular weight is 481 g/mol. The lowest BCUT2D eigenvalue weighted by Gasteiger charge is -2.38. The van der Waals surface area contributed by atoms with Gasteiger partial charge in [0, 0.05) is 24.8 Å². The molecule has 1 aliphatic heterocycles. The summed E-state index contributed by atoms with van der Waals surface area (Å²) in [7, 11) is -2.35. The number of nitrogens with zero attached hydrogens (tertiary/aromatic N) is 1. The highest BCUT2D eigenvalue weighted by Gasteiger charge is 2.54. The number of aromatic nitrogens is 2. The van der Waals surface area contributed by atoms with E-state index in [1.807, 2.05) is 36.4 Å². The Balaban J connectivity index is 1.88. The van der Waals surface area contributed by atoms with Crippen molar-refractivity contribution >= 4 is 19.2 Å². The number of H-pyrrole nitrogens is 1. The Kier molecular flexibility index (Phi) is 7.62. The summed E-state index contributed by atoms with van der Waals surface area (Å²) in [6.45, 7) is 4.59. The van der Waals surface area contributed by atoms with Crippen LogP contribution >= 0.6 is 0 Å². The van der Waals surface area contributed by atoms with Crippen LogP contribution in [-0.4, -0.2) is 48.9 Å². The van der Waals surface area contributed by atoms with Crippen molar-refractivity contribution in [2.24, 2.45) is 0 Å². The maximum Gasteiger partial charge on any atom is 0.330 e. The minimum atomic E-state index is -2.35. The third-order valence-corrected chi connectivity index (χ3v) is 10.1. The Labute approximate surface area is 200 Å². The molecular weight excluding hydrogens is 448 g/mol. The molecule has 2 N–H and O–H groups in total. The van der Waals surface area contributed by atoms with Gasteiger partial charge in [-0.3, -0.25) is 14.3 Å². The first-order chi connectivity index (χ1) is 16.5. The van der Waals surface area contributed by atoms with E-state index in [1.165, 1.54) is 4.57 Å². The molecule has 3 aromatic rings. The predicted octanol–water partition coefficient (Wildman–Crippen LogP) is 1.05. The smallest absolute Gasteiger partial charge is 0.330 e. The summed E-state index contributed by atoms with van der Waals surface area (Å²) in [5, 5.41) is 12.1. The van der Waals surface area contributed by atoms with Crippen LogP contribution < -0.4 is 21.6 Å². The first-order valence-electron chi connectivity index (χ1n) is 11.8. The molecule has 0 radical (unpaired) electrons. The highest BCUT2D eigenvalue weighted by Crippen LogP contribution is 2.37. The molecule has 8 heteroatoms. The predicted molar refractivity (Wildman–Crippen MR) is 135 cm³/mol. The highest BCUT2D eigenvalue weighted by atomic mass is 28.3. The van der Waals surface area contributed by atoms with Gasteiger partial charge in [-0.05, 0) is 13.3 Å². The van der Waals surface area contributed by atoms with E-state index in [-0.39, 0.29) is 13.0 Å². The molecule has 1 aromatic heterocycles. The average Bonchev–Trinajstić information content (AvgIpc) is 3.17. The lowest BCUT2D eigenvalue weighted by atomic mass is 10.2. The summed E-state index contributed by atoms with van der Waals surface area (Å²) in [5.74, 6) is 0. The molecule has 4 rings (SSSR count). The minimum Gasteiger partial charge on any atom is -0.390 e. The first kappa shape index (κ1) is 24.3. The Morgan fingerprint density at radius 3 is 2.32 bits per heavy atom. The molecule has 1 aliphatic rings. The molecule has 0 amide bonds. The Morgan fingerprint density at radius 1 is 1.12 bits per heavy atom. The topological polar surface area (TPSA) is 93.5 Å². The number of rotatable bonds is 9.